The third kappa shape index (κ3) is 5.80. The summed E-state index contributed by atoms with van der Waals surface area (Å²) in [5.74, 6) is 2.12. The lowest BCUT2D eigenvalue weighted by molar-refractivity contribution is 0.191. The third-order valence-electron chi connectivity index (χ3n) is 9.12. The van der Waals surface area contributed by atoms with Crippen LogP contribution in [-0.4, -0.2) is 31.4 Å². The highest BCUT2D eigenvalue weighted by molar-refractivity contribution is 7.89. The first-order chi connectivity index (χ1) is 19.4. The van der Waals surface area contributed by atoms with Gasteiger partial charge in [-0.25, -0.2) is 18.5 Å². The van der Waals surface area contributed by atoms with Crippen molar-refractivity contribution in [2.75, 3.05) is 13.1 Å². The molecule has 0 spiro atoms. The lowest BCUT2D eigenvalue weighted by Gasteiger charge is -2.42. The van der Waals surface area contributed by atoms with Crippen LogP contribution in [0.5, 0.6) is 0 Å². The molecule has 2 aromatic heterocycles. The number of benzene rings is 2. The molecule has 0 amide bonds. The number of furan rings is 1. The van der Waals surface area contributed by atoms with Crippen molar-refractivity contribution in [3.63, 3.8) is 0 Å². The van der Waals surface area contributed by atoms with Crippen molar-refractivity contribution in [3.8, 4) is 22.6 Å². The molecule has 2 aliphatic rings. The van der Waals surface area contributed by atoms with Gasteiger partial charge >= 0.3 is 0 Å². The highest BCUT2D eigenvalue weighted by Gasteiger charge is 2.37. The van der Waals surface area contributed by atoms with Gasteiger partial charge in [-0.2, -0.15) is 0 Å². The zero-order valence-corrected chi connectivity index (χ0v) is 25.9. The smallest absolute Gasteiger partial charge is 0.238 e. The molecule has 0 radical (unpaired) electrons. The fourth-order valence-electron chi connectivity index (χ4n) is 6.34. The van der Waals surface area contributed by atoms with Gasteiger partial charge in [0.1, 0.15) is 11.5 Å². The Morgan fingerprint density at radius 2 is 1.59 bits per heavy atom. The monoisotopic (exact) mass is 589 g/mol. The molecule has 2 N–H and O–H groups in total. The second kappa shape index (κ2) is 10.5. The number of nitrogens with two attached hydrogens (primary N) is 1. The molecule has 1 aliphatic carbocycles. The fraction of sp³-hybridized carbons (Fsp3) is 0.424. The van der Waals surface area contributed by atoms with Gasteiger partial charge in [-0.3, -0.25) is 4.90 Å². The minimum absolute atomic E-state index is 0.0962. The quantitative estimate of drug-likeness (QED) is 0.252. The van der Waals surface area contributed by atoms with E-state index in [9.17, 15) is 8.42 Å². The summed E-state index contributed by atoms with van der Waals surface area (Å²) in [5.41, 5.74) is 6.56. The molecule has 3 heterocycles. The van der Waals surface area contributed by atoms with E-state index in [0.29, 0.717) is 5.92 Å². The van der Waals surface area contributed by atoms with Crippen molar-refractivity contribution < 1.29 is 12.8 Å². The van der Waals surface area contributed by atoms with Crippen LogP contribution in [0, 0.1) is 0 Å². The topological polar surface area (TPSA) is 89.4 Å². The van der Waals surface area contributed by atoms with Crippen LogP contribution in [-0.2, 0) is 27.4 Å². The second-order valence-corrected chi connectivity index (χ2v) is 15.4. The lowest BCUT2D eigenvalue weighted by atomic mass is 9.63. The Morgan fingerprint density at radius 3 is 2.27 bits per heavy atom. The molecular formula is C33H39N3O3S2. The minimum Gasteiger partial charge on any atom is -0.460 e. The van der Waals surface area contributed by atoms with Gasteiger partial charge in [0.15, 0.2) is 0 Å². The van der Waals surface area contributed by atoms with E-state index in [2.05, 4.69) is 56.2 Å². The van der Waals surface area contributed by atoms with Gasteiger partial charge in [0.05, 0.1) is 22.1 Å². The van der Waals surface area contributed by atoms with Gasteiger partial charge in [0.25, 0.3) is 0 Å². The van der Waals surface area contributed by atoms with Gasteiger partial charge < -0.3 is 4.42 Å². The summed E-state index contributed by atoms with van der Waals surface area (Å²) in [4.78, 5) is 7.67. The van der Waals surface area contributed by atoms with Crippen LogP contribution in [0.25, 0.3) is 22.6 Å². The van der Waals surface area contributed by atoms with Crippen molar-refractivity contribution in [1.29, 1.82) is 0 Å². The normalized spacial score (nSPS) is 19.2. The molecule has 4 aromatic rings. The summed E-state index contributed by atoms with van der Waals surface area (Å²) in [7, 11) is -3.71. The van der Waals surface area contributed by atoms with E-state index in [0.717, 1.165) is 55.3 Å². The number of nitrogens with zero attached hydrogens (tertiary/aromatic N) is 2. The molecular weight excluding hydrogens is 551 g/mol. The minimum atomic E-state index is -3.71. The molecule has 0 unspecified atom stereocenters. The Bertz CT molecular complexity index is 1660. The van der Waals surface area contributed by atoms with Crippen LogP contribution in [0.3, 0.4) is 0 Å². The first kappa shape index (κ1) is 28.3. The maximum Gasteiger partial charge on any atom is 0.238 e. The molecule has 0 atom stereocenters. The predicted octanol–water partition coefficient (Wildman–Crippen LogP) is 7.45. The van der Waals surface area contributed by atoms with Crippen molar-refractivity contribution in [1.82, 2.24) is 9.88 Å². The van der Waals surface area contributed by atoms with E-state index < -0.39 is 10.0 Å². The van der Waals surface area contributed by atoms with Crippen molar-refractivity contribution in [3.05, 3.63) is 81.9 Å². The number of hydrogen-bond acceptors (Lipinski definition) is 6. The summed E-state index contributed by atoms with van der Waals surface area (Å²) in [6, 6.07) is 17.4. The highest BCUT2D eigenvalue weighted by atomic mass is 32.2. The van der Waals surface area contributed by atoms with E-state index in [1.807, 2.05) is 12.1 Å². The molecule has 8 heteroatoms. The second-order valence-electron chi connectivity index (χ2n) is 13.0. The van der Waals surface area contributed by atoms with E-state index >= 15 is 0 Å². The summed E-state index contributed by atoms with van der Waals surface area (Å²) >= 11 is 1.80. The Balaban J connectivity index is 1.08. The number of piperidine rings is 1. The number of hydrogen-bond donors (Lipinski definition) is 1. The van der Waals surface area contributed by atoms with Gasteiger partial charge in [-0.1, -0.05) is 39.8 Å². The van der Waals surface area contributed by atoms with Gasteiger partial charge in [-0.15, -0.1) is 11.3 Å². The molecule has 41 heavy (non-hydrogen) atoms. The molecule has 1 fully saturated rings. The van der Waals surface area contributed by atoms with Gasteiger partial charge in [0, 0.05) is 22.4 Å². The number of primary sulfonamides is 1. The van der Waals surface area contributed by atoms with Crippen LogP contribution in [0.1, 0.15) is 81.2 Å². The summed E-state index contributed by atoms with van der Waals surface area (Å²) in [6.07, 6.45) is 4.61. The summed E-state index contributed by atoms with van der Waals surface area (Å²) in [5, 5.41) is 8.70. The van der Waals surface area contributed by atoms with Crippen LogP contribution < -0.4 is 5.14 Å². The van der Waals surface area contributed by atoms with Crippen LogP contribution in [0.2, 0.25) is 0 Å². The number of rotatable bonds is 6. The largest absolute Gasteiger partial charge is 0.460 e. The van der Waals surface area contributed by atoms with E-state index in [-0.39, 0.29) is 15.7 Å². The van der Waals surface area contributed by atoms with Gasteiger partial charge in [-0.05, 0) is 103 Å². The van der Waals surface area contributed by atoms with E-state index in [1.165, 1.54) is 46.7 Å². The average Bonchev–Trinajstić information content (AvgIpc) is 3.62. The van der Waals surface area contributed by atoms with Crippen LogP contribution in [0.4, 0.5) is 0 Å². The average molecular weight is 590 g/mol. The maximum atomic E-state index is 11.5. The zero-order chi connectivity index (χ0) is 29.0. The van der Waals surface area contributed by atoms with Crippen molar-refractivity contribution >= 4 is 21.4 Å². The molecule has 216 valence electrons. The molecule has 6 nitrogen and oxygen atoms in total. The molecule has 1 aliphatic heterocycles. The number of likely N-dealkylation sites (tertiary alicyclic amines) is 1. The first-order valence-corrected chi connectivity index (χ1v) is 16.9. The number of aromatic nitrogens is 1. The number of fused-ring (bicyclic) bond motifs is 1. The predicted molar refractivity (Wildman–Crippen MR) is 166 cm³/mol. The van der Waals surface area contributed by atoms with E-state index in [1.54, 1.807) is 23.5 Å². The van der Waals surface area contributed by atoms with Crippen LogP contribution >= 0.6 is 11.3 Å². The third-order valence-corrected chi connectivity index (χ3v) is 11.1. The highest BCUT2D eigenvalue weighted by Crippen LogP contribution is 2.47. The maximum absolute atomic E-state index is 11.5. The number of sulfonamides is 1. The molecule has 1 saturated heterocycles. The Labute approximate surface area is 247 Å². The zero-order valence-electron chi connectivity index (χ0n) is 24.3. The lowest BCUT2D eigenvalue weighted by Crippen LogP contribution is -2.33. The fourth-order valence-corrected chi connectivity index (χ4v) is 7.86. The molecule has 2 aromatic carbocycles. The van der Waals surface area contributed by atoms with Crippen molar-refractivity contribution in [2.24, 2.45) is 5.14 Å². The summed E-state index contributed by atoms with van der Waals surface area (Å²) in [6.45, 7) is 12.3. The standard InChI is InChI=1S/C33H39N3O3S2/c1-32(2)15-16-33(3,4)28-19-24(7-11-27(28)32)29-21-40-31(35-29)23-13-17-36(18-14-23)20-25-8-12-30(39-25)22-5-9-26(10-6-22)41(34,37)38/h5-12,19,21,23H,13-18,20H2,1-4H3,(H2,34,37,38). The SMILES string of the molecule is CC1(C)CCC(C)(C)c2cc(-c3csc(C4CCN(Cc5ccc(-c6ccc(S(N)(=O)=O)cc6)o5)CC4)n3)ccc21. The summed E-state index contributed by atoms with van der Waals surface area (Å²) < 4.78 is 29.1. The van der Waals surface area contributed by atoms with Crippen LogP contribution in [0.15, 0.2) is 69.3 Å². The Kier molecular flexibility index (Phi) is 7.25. The Hall–Kier alpha value is -2.78. The van der Waals surface area contributed by atoms with Gasteiger partial charge in [0.2, 0.25) is 10.0 Å². The van der Waals surface area contributed by atoms with Crippen molar-refractivity contribution in [2.45, 2.75) is 81.6 Å². The Morgan fingerprint density at radius 1 is 0.927 bits per heavy atom. The molecule has 0 bridgehead atoms. The molecule has 6 rings (SSSR count). The van der Waals surface area contributed by atoms with E-state index in [4.69, 9.17) is 14.5 Å². The number of thiazole rings is 1. The molecule has 0 saturated carbocycles. The first-order valence-electron chi connectivity index (χ1n) is 14.4.